The molecule has 4 nitrogen and oxygen atoms in total. The Balaban J connectivity index is -0.0000000327. The fourth-order valence-electron chi connectivity index (χ4n) is 0.428. The van der Waals surface area contributed by atoms with Crippen molar-refractivity contribution in [3.8, 4) is 5.75 Å². The standard InChI is InChI=1S/C6H6O.2Al.3O/c7-6-4-2-1-3-5-6;;;;;/h1-5,7H;;;;;/q;2*+3;3*-2. The summed E-state index contributed by atoms with van der Waals surface area (Å²) in [6.07, 6.45) is 0. The summed E-state index contributed by atoms with van der Waals surface area (Å²) in [7, 11) is 0. The van der Waals surface area contributed by atoms with Crippen LogP contribution in [-0.2, 0) is 16.4 Å². The minimum atomic E-state index is 0. The van der Waals surface area contributed by atoms with Crippen LogP contribution in [0.25, 0.3) is 0 Å². The smallest absolute Gasteiger partial charge is 2.00 e. The van der Waals surface area contributed by atoms with Crippen molar-refractivity contribution in [1.82, 2.24) is 0 Å². The Kier molecular flexibility index (Phi) is 42.4. The van der Waals surface area contributed by atoms with E-state index in [1.54, 1.807) is 24.3 Å². The number of para-hydroxylation sites is 1. The van der Waals surface area contributed by atoms with E-state index in [0.29, 0.717) is 5.75 Å². The zero-order valence-corrected chi connectivity index (χ0v) is 8.52. The van der Waals surface area contributed by atoms with Gasteiger partial charge >= 0.3 is 34.7 Å². The van der Waals surface area contributed by atoms with Gasteiger partial charge in [0.2, 0.25) is 0 Å². The van der Waals surface area contributed by atoms with Crippen LogP contribution in [0.5, 0.6) is 5.75 Å². The topological polar surface area (TPSA) is 106 Å². The quantitative estimate of drug-likeness (QED) is 0.591. The number of phenolic OH excluding ortho intramolecular Hbond substituents is 1. The largest absolute Gasteiger partial charge is 3.00 e. The maximum absolute atomic E-state index is 8.63. The van der Waals surface area contributed by atoms with Crippen molar-refractivity contribution >= 4 is 34.7 Å². The summed E-state index contributed by atoms with van der Waals surface area (Å²) in [6, 6.07) is 8.71. The molecule has 0 unspecified atom stereocenters. The summed E-state index contributed by atoms with van der Waals surface area (Å²) in [6.45, 7) is 0. The Labute approximate surface area is 92.4 Å². The van der Waals surface area contributed by atoms with Crippen molar-refractivity contribution in [3.05, 3.63) is 30.3 Å². The molecule has 6 heteroatoms. The minimum absolute atomic E-state index is 0. The van der Waals surface area contributed by atoms with E-state index >= 15 is 0 Å². The van der Waals surface area contributed by atoms with Crippen molar-refractivity contribution in [1.29, 1.82) is 0 Å². The second-order valence-electron chi connectivity index (χ2n) is 1.34. The number of aromatic hydroxyl groups is 1. The Morgan fingerprint density at radius 3 is 1.25 bits per heavy atom. The van der Waals surface area contributed by atoms with Gasteiger partial charge in [0.05, 0.1) is 0 Å². The first-order valence-electron chi connectivity index (χ1n) is 2.13. The molecule has 0 spiro atoms. The molecule has 12 heavy (non-hydrogen) atoms. The van der Waals surface area contributed by atoms with Crippen LogP contribution in [0.2, 0.25) is 0 Å². The van der Waals surface area contributed by atoms with E-state index in [0.717, 1.165) is 0 Å². The Hall–Kier alpha value is -0.0351. The van der Waals surface area contributed by atoms with E-state index < -0.39 is 0 Å². The zero-order chi connectivity index (χ0) is 5.11. The molecule has 0 atom stereocenters. The van der Waals surface area contributed by atoms with Crippen molar-refractivity contribution in [2.24, 2.45) is 0 Å². The SMILES string of the molecule is Oc1ccccc1.[Al+3].[Al+3].[O-2].[O-2].[O-2]. The van der Waals surface area contributed by atoms with E-state index in [1.807, 2.05) is 6.07 Å². The molecular weight excluding hydrogens is 190 g/mol. The number of benzene rings is 1. The van der Waals surface area contributed by atoms with E-state index in [9.17, 15) is 0 Å². The van der Waals surface area contributed by atoms with Gasteiger partial charge < -0.3 is 21.5 Å². The molecule has 1 rings (SSSR count). The Bertz CT molecular complexity index is 147. The monoisotopic (exact) mass is 196 g/mol. The molecule has 0 saturated carbocycles. The Morgan fingerprint density at radius 2 is 1.08 bits per heavy atom. The van der Waals surface area contributed by atoms with E-state index in [1.165, 1.54) is 0 Å². The van der Waals surface area contributed by atoms with Gasteiger partial charge in [-0.3, -0.25) is 0 Å². The van der Waals surface area contributed by atoms with E-state index in [-0.39, 0.29) is 51.2 Å². The molecular formula is C6H6Al2O4. The van der Waals surface area contributed by atoms with Crippen molar-refractivity contribution in [2.45, 2.75) is 0 Å². The third-order valence-corrected chi connectivity index (χ3v) is 0.756. The van der Waals surface area contributed by atoms with Gasteiger partial charge in [-0.25, -0.2) is 0 Å². The molecule has 1 aromatic carbocycles. The second-order valence-corrected chi connectivity index (χ2v) is 1.34. The van der Waals surface area contributed by atoms with Gasteiger partial charge in [-0.15, -0.1) is 0 Å². The van der Waals surface area contributed by atoms with Crippen LogP contribution in [-0.4, -0.2) is 39.8 Å². The molecule has 0 heterocycles. The normalized spacial score (nSPS) is 5.00. The molecule has 0 radical (unpaired) electrons. The van der Waals surface area contributed by atoms with Gasteiger partial charge in [-0.1, -0.05) is 18.2 Å². The van der Waals surface area contributed by atoms with Crippen molar-refractivity contribution in [2.75, 3.05) is 0 Å². The summed E-state index contributed by atoms with van der Waals surface area (Å²) in [5.41, 5.74) is 0. The number of hydrogen-bond donors (Lipinski definition) is 1. The molecule has 1 aromatic rings. The molecule has 0 saturated heterocycles. The van der Waals surface area contributed by atoms with Gasteiger partial charge in [0.25, 0.3) is 0 Å². The first-order valence-corrected chi connectivity index (χ1v) is 2.13. The number of rotatable bonds is 0. The van der Waals surface area contributed by atoms with Gasteiger partial charge in [0.1, 0.15) is 5.75 Å². The molecule has 1 N–H and O–H groups in total. The van der Waals surface area contributed by atoms with Gasteiger partial charge in [-0.05, 0) is 12.1 Å². The van der Waals surface area contributed by atoms with Gasteiger partial charge in [0.15, 0.2) is 0 Å². The predicted molar refractivity (Wildman–Crippen MR) is 41.7 cm³/mol. The van der Waals surface area contributed by atoms with Crippen LogP contribution < -0.4 is 0 Å². The van der Waals surface area contributed by atoms with Crippen LogP contribution in [0.3, 0.4) is 0 Å². The molecule has 0 bridgehead atoms. The van der Waals surface area contributed by atoms with E-state index in [4.69, 9.17) is 5.11 Å². The maximum Gasteiger partial charge on any atom is 3.00 e. The molecule has 0 aromatic heterocycles. The van der Waals surface area contributed by atoms with Crippen molar-refractivity contribution in [3.63, 3.8) is 0 Å². The molecule has 0 amide bonds. The maximum atomic E-state index is 8.63. The van der Waals surface area contributed by atoms with Crippen LogP contribution in [0.4, 0.5) is 0 Å². The fraction of sp³-hybridized carbons (Fsp3) is 0. The molecule has 60 valence electrons. The summed E-state index contributed by atoms with van der Waals surface area (Å²) >= 11 is 0. The second kappa shape index (κ2) is 17.2. The van der Waals surface area contributed by atoms with Crippen LogP contribution in [0.1, 0.15) is 0 Å². The summed E-state index contributed by atoms with van der Waals surface area (Å²) in [5.74, 6) is 0.322. The third kappa shape index (κ3) is 12.6. The van der Waals surface area contributed by atoms with Gasteiger partial charge in [-0.2, -0.15) is 0 Å². The zero-order valence-electron chi connectivity index (χ0n) is 6.21. The summed E-state index contributed by atoms with van der Waals surface area (Å²) in [4.78, 5) is 0. The fourth-order valence-corrected chi connectivity index (χ4v) is 0.428. The summed E-state index contributed by atoms with van der Waals surface area (Å²) in [5, 5.41) is 8.63. The number of hydrogen-bond acceptors (Lipinski definition) is 1. The number of phenols is 1. The summed E-state index contributed by atoms with van der Waals surface area (Å²) < 4.78 is 0. The van der Waals surface area contributed by atoms with Crippen LogP contribution in [0.15, 0.2) is 30.3 Å². The van der Waals surface area contributed by atoms with Crippen LogP contribution in [0, 0.1) is 0 Å². The average Bonchev–Trinajstić information content (AvgIpc) is 1.69. The molecule has 0 aliphatic carbocycles. The Morgan fingerprint density at radius 1 is 0.750 bits per heavy atom. The predicted octanol–water partition coefficient (Wildman–Crippen LogP) is 0.274. The third-order valence-electron chi connectivity index (χ3n) is 0.756. The van der Waals surface area contributed by atoms with Crippen LogP contribution >= 0.6 is 0 Å². The molecule has 0 aliphatic rings. The molecule has 0 aliphatic heterocycles. The first-order chi connectivity index (χ1) is 3.39. The minimum Gasteiger partial charge on any atom is -2.00 e. The van der Waals surface area contributed by atoms with Gasteiger partial charge in [0, 0.05) is 0 Å². The molecule has 0 fully saturated rings. The first kappa shape index (κ1) is 29.7. The van der Waals surface area contributed by atoms with E-state index in [2.05, 4.69) is 0 Å². The average molecular weight is 196 g/mol. The van der Waals surface area contributed by atoms with Crippen molar-refractivity contribution < 1.29 is 21.5 Å².